The van der Waals surface area contributed by atoms with Gasteiger partial charge in [-0.05, 0) is 47.6 Å². The van der Waals surface area contributed by atoms with Crippen LogP contribution in [-0.2, 0) is 11.3 Å². The molecule has 4 rings (SSSR count). The number of nitrogens with zero attached hydrogens (tertiary/aromatic N) is 1. The van der Waals surface area contributed by atoms with Crippen molar-refractivity contribution in [3.8, 4) is 0 Å². The highest BCUT2D eigenvalue weighted by Crippen LogP contribution is 2.33. The Bertz CT molecular complexity index is 721. The van der Waals surface area contributed by atoms with E-state index in [0.717, 1.165) is 45.3 Å². The van der Waals surface area contributed by atoms with Crippen LogP contribution in [-0.4, -0.2) is 29.9 Å². The van der Waals surface area contributed by atoms with Gasteiger partial charge < -0.3 is 10.2 Å². The molecule has 2 aliphatic rings. The predicted octanol–water partition coefficient (Wildman–Crippen LogP) is 4.03. The van der Waals surface area contributed by atoms with E-state index in [4.69, 9.17) is 0 Å². The Hall–Kier alpha value is -1.39. The van der Waals surface area contributed by atoms with Crippen molar-refractivity contribution in [1.82, 2.24) is 10.2 Å². The number of benzene rings is 1. The van der Waals surface area contributed by atoms with Crippen molar-refractivity contribution in [3.63, 3.8) is 0 Å². The van der Waals surface area contributed by atoms with Crippen molar-refractivity contribution in [2.75, 3.05) is 13.1 Å². The largest absolute Gasteiger partial charge is 0.342 e. The molecule has 1 N–H and O–H groups in total. The van der Waals surface area contributed by atoms with Crippen LogP contribution >= 0.6 is 11.3 Å². The number of nitrogens with one attached hydrogen (secondary N) is 1. The van der Waals surface area contributed by atoms with E-state index in [0.29, 0.717) is 23.8 Å². The maximum atomic E-state index is 12.3. The lowest BCUT2D eigenvalue weighted by Crippen LogP contribution is -2.51. The summed E-state index contributed by atoms with van der Waals surface area (Å²) in [6.45, 7) is 5.05. The number of likely N-dealkylation sites (tertiary alicyclic amines) is 1. The van der Waals surface area contributed by atoms with Gasteiger partial charge in [0.2, 0.25) is 5.91 Å². The Balaban J connectivity index is 1.38. The molecular formula is C20H26N2OS. The fourth-order valence-electron chi connectivity index (χ4n) is 3.91. The summed E-state index contributed by atoms with van der Waals surface area (Å²) in [4.78, 5) is 14.5. The molecule has 1 aliphatic heterocycles. The van der Waals surface area contributed by atoms with Gasteiger partial charge in [-0.3, -0.25) is 4.79 Å². The van der Waals surface area contributed by atoms with E-state index in [1.54, 1.807) is 0 Å². The summed E-state index contributed by atoms with van der Waals surface area (Å²) in [5, 5.41) is 7.45. The van der Waals surface area contributed by atoms with Gasteiger partial charge >= 0.3 is 0 Å². The van der Waals surface area contributed by atoms with Crippen LogP contribution in [0, 0.1) is 11.8 Å². The number of fused-ring (bicyclic) bond motifs is 1. The number of hydrogen-bond donors (Lipinski definition) is 1. The molecule has 3 nitrogen and oxygen atoms in total. The number of hydrogen-bond acceptors (Lipinski definition) is 3. The van der Waals surface area contributed by atoms with Crippen LogP contribution in [0.2, 0.25) is 0 Å². The molecular weight excluding hydrogens is 316 g/mol. The molecule has 0 unspecified atom stereocenters. The van der Waals surface area contributed by atoms with Gasteiger partial charge in [0, 0.05) is 36.3 Å². The van der Waals surface area contributed by atoms with Crippen LogP contribution in [0.15, 0.2) is 29.6 Å². The maximum Gasteiger partial charge on any atom is 0.225 e. The lowest BCUT2D eigenvalue weighted by molar-refractivity contribution is -0.134. The number of carbonyl (C=O) groups excluding carboxylic acids is 1. The van der Waals surface area contributed by atoms with Gasteiger partial charge in [0.1, 0.15) is 0 Å². The zero-order valence-electron chi connectivity index (χ0n) is 14.3. The van der Waals surface area contributed by atoms with E-state index in [9.17, 15) is 4.79 Å². The first-order chi connectivity index (χ1) is 11.8. The topological polar surface area (TPSA) is 32.3 Å². The molecule has 2 fully saturated rings. The number of piperidine rings is 1. The molecule has 0 spiro atoms. The zero-order chi connectivity index (χ0) is 16.5. The molecule has 0 radical (unpaired) electrons. The second-order valence-corrected chi connectivity index (χ2v) is 8.17. The van der Waals surface area contributed by atoms with E-state index in [1.165, 1.54) is 15.6 Å². The number of amides is 1. The Morgan fingerprint density at radius 3 is 2.92 bits per heavy atom. The summed E-state index contributed by atoms with van der Waals surface area (Å²) in [6.07, 6.45) is 4.44. The van der Waals surface area contributed by atoms with Crippen molar-refractivity contribution < 1.29 is 4.79 Å². The fraction of sp³-hybridized carbons (Fsp3) is 0.550. The highest BCUT2D eigenvalue weighted by molar-refractivity contribution is 7.17. The summed E-state index contributed by atoms with van der Waals surface area (Å²) >= 11 is 1.83. The fourth-order valence-corrected chi connectivity index (χ4v) is 4.88. The molecule has 1 aromatic heterocycles. The highest BCUT2D eigenvalue weighted by atomic mass is 32.1. The minimum atomic E-state index is 0.351. The monoisotopic (exact) mass is 342 g/mol. The molecule has 1 amide bonds. The molecule has 1 aromatic carbocycles. The van der Waals surface area contributed by atoms with Gasteiger partial charge in [-0.15, -0.1) is 11.3 Å². The highest BCUT2D eigenvalue weighted by Gasteiger charge is 2.37. The quantitative estimate of drug-likeness (QED) is 0.890. The van der Waals surface area contributed by atoms with Crippen molar-refractivity contribution in [2.45, 2.75) is 45.2 Å². The standard InChI is InChI=1S/C20H26N2OS/c1-2-14-12-22(20(23)15-7-8-15)10-9-18(14)21-11-16-13-24-19-6-4-3-5-17(16)19/h3-6,13-15,18,21H,2,7-12H2,1H3/t14-,18+/m0/s1. The van der Waals surface area contributed by atoms with Crippen LogP contribution in [0.5, 0.6) is 0 Å². The van der Waals surface area contributed by atoms with Crippen LogP contribution in [0.4, 0.5) is 0 Å². The zero-order valence-corrected chi connectivity index (χ0v) is 15.1. The predicted molar refractivity (Wildman–Crippen MR) is 100 cm³/mol. The number of thiophene rings is 1. The molecule has 2 heterocycles. The van der Waals surface area contributed by atoms with Gasteiger partial charge in [0.25, 0.3) is 0 Å². The van der Waals surface area contributed by atoms with E-state index >= 15 is 0 Å². The molecule has 1 aliphatic carbocycles. The van der Waals surface area contributed by atoms with E-state index in [-0.39, 0.29) is 0 Å². The van der Waals surface area contributed by atoms with Crippen LogP contribution in [0.3, 0.4) is 0 Å². The van der Waals surface area contributed by atoms with Gasteiger partial charge in [-0.1, -0.05) is 31.5 Å². The minimum absolute atomic E-state index is 0.351. The van der Waals surface area contributed by atoms with E-state index < -0.39 is 0 Å². The second-order valence-electron chi connectivity index (χ2n) is 7.26. The average molecular weight is 343 g/mol. The average Bonchev–Trinajstić information content (AvgIpc) is 3.40. The molecule has 1 saturated carbocycles. The first-order valence-corrected chi connectivity index (χ1v) is 10.1. The third kappa shape index (κ3) is 3.22. The maximum absolute atomic E-state index is 12.3. The van der Waals surface area contributed by atoms with Gasteiger partial charge in [-0.25, -0.2) is 0 Å². The summed E-state index contributed by atoms with van der Waals surface area (Å²) < 4.78 is 1.37. The molecule has 2 atom stereocenters. The van der Waals surface area contributed by atoms with Gasteiger partial charge in [-0.2, -0.15) is 0 Å². The third-order valence-corrected chi connectivity index (χ3v) is 6.62. The smallest absolute Gasteiger partial charge is 0.225 e. The van der Waals surface area contributed by atoms with Gasteiger partial charge in [0.15, 0.2) is 0 Å². The van der Waals surface area contributed by atoms with Crippen molar-refractivity contribution in [3.05, 3.63) is 35.2 Å². The van der Waals surface area contributed by atoms with Gasteiger partial charge in [0.05, 0.1) is 0 Å². The first kappa shape index (κ1) is 16.1. The molecule has 128 valence electrons. The summed E-state index contributed by atoms with van der Waals surface area (Å²) in [5.74, 6) is 1.34. The summed E-state index contributed by atoms with van der Waals surface area (Å²) in [7, 11) is 0. The molecule has 4 heteroatoms. The number of carbonyl (C=O) groups is 1. The summed E-state index contributed by atoms with van der Waals surface area (Å²) in [5.41, 5.74) is 1.40. The summed E-state index contributed by atoms with van der Waals surface area (Å²) in [6, 6.07) is 9.17. The molecule has 0 bridgehead atoms. The molecule has 24 heavy (non-hydrogen) atoms. The lowest BCUT2D eigenvalue weighted by atomic mass is 9.89. The van der Waals surface area contributed by atoms with Crippen molar-refractivity contribution in [1.29, 1.82) is 0 Å². The Labute approximate surface area is 148 Å². The third-order valence-electron chi connectivity index (χ3n) is 5.61. The Morgan fingerprint density at radius 2 is 2.12 bits per heavy atom. The lowest BCUT2D eigenvalue weighted by Gasteiger charge is -2.39. The number of rotatable bonds is 5. The van der Waals surface area contributed by atoms with Crippen LogP contribution in [0.1, 0.15) is 38.2 Å². The SMILES string of the molecule is CC[C@H]1CN(C(=O)C2CC2)CC[C@H]1NCc1csc2ccccc12. The molecule has 2 aromatic rings. The second kappa shape index (κ2) is 6.85. The van der Waals surface area contributed by atoms with Crippen molar-refractivity contribution in [2.24, 2.45) is 11.8 Å². The van der Waals surface area contributed by atoms with Crippen molar-refractivity contribution >= 4 is 27.3 Å². The van der Waals surface area contributed by atoms with E-state index in [2.05, 4.69) is 46.8 Å². The van der Waals surface area contributed by atoms with Crippen LogP contribution in [0.25, 0.3) is 10.1 Å². The first-order valence-electron chi connectivity index (χ1n) is 9.23. The van der Waals surface area contributed by atoms with Crippen LogP contribution < -0.4 is 5.32 Å². The normalized spacial score (nSPS) is 24.5. The Morgan fingerprint density at radius 1 is 1.29 bits per heavy atom. The Kier molecular flexibility index (Phi) is 4.59. The van der Waals surface area contributed by atoms with E-state index in [1.807, 2.05) is 11.3 Å². The minimum Gasteiger partial charge on any atom is -0.342 e. The molecule has 1 saturated heterocycles.